The Labute approximate surface area is 134 Å². The molecule has 118 valence electrons. The Kier molecular flexibility index (Phi) is 4.52. The molecule has 1 aliphatic carbocycles. The number of likely N-dealkylation sites (tertiary alicyclic amines) is 1. The molecule has 1 aliphatic heterocycles. The maximum absolute atomic E-state index is 12.1. The van der Waals surface area contributed by atoms with Crippen LogP contribution < -0.4 is 10.1 Å². The zero-order valence-corrected chi connectivity index (χ0v) is 13.0. The second-order valence-corrected chi connectivity index (χ2v) is 6.21. The van der Waals surface area contributed by atoms with Crippen molar-refractivity contribution >= 4 is 23.4 Å². The lowest BCUT2D eigenvalue weighted by Crippen LogP contribution is -2.35. The van der Waals surface area contributed by atoms with Crippen LogP contribution in [0, 0.1) is 5.92 Å². The Hall–Kier alpha value is -1.75. The highest BCUT2D eigenvalue weighted by atomic mass is 35.5. The minimum absolute atomic E-state index is 0.0637. The molecule has 1 aromatic rings. The molecule has 1 atom stereocenters. The fourth-order valence-electron chi connectivity index (χ4n) is 2.69. The van der Waals surface area contributed by atoms with Crippen LogP contribution >= 0.6 is 11.6 Å². The van der Waals surface area contributed by atoms with Gasteiger partial charge in [-0.3, -0.25) is 9.59 Å². The average Bonchev–Trinajstić information content (AvgIpc) is 3.26. The van der Waals surface area contributed by atoms with E-state index in [4.69, 9.17) is 16.3 Å². The molecule has 2 amide bonds. The third-order valence-electron chi connectivity index (χ3n) is 3.98. The fourth-order valence-corrected chi connectivity index (χ4v) is 2.87. The van der Waals surface area contributed by atoms with Gasteiger partial charge in [0.15, 0.2) is 0 Å². The number of nitrogens with zero attached hydrogens (tertiary/aromatic N) is 1. The van der Waals surface area contributed by atoms with Crippen molar-refractivity contribution in [2.45, 2.75) is 25.3 Å². The van der Waals surface area contributed by atoms with Gasteiger partial charge in [-0.2, -0.15) is 0 Å². The summed E-state index contributed by atoms with van der Waals surface area (Å²) in [6.07, 6.45) is 2.48. The molecule has 5 nitrogen and oxygen atoms in total. The lowest BCUT2D eigenvalue weighted by molar-refractivity contribution is -0.129. The van der Waals surface area contributed by atoms with E-state index in [0.717, 1.165) is 12.8 Å². The van der Waals surface area contributed by atoms with Crippen LogP contribution in [0.2, 0.25) is 5.02 Å². The second-order valence-electron chi connectivity index (χ2n) is 5.78. The predicted octanol–water partition coefficient (Wildman–Crippen LogP) is 1.85. The molecular weight excluding hydrogens is 304 g/mol. The number of carbonyl (C=O) groups excluding carboxylic acids is 2. The monoisotopic (exact) mass is 322 g/mol. The molecule has 1 saturated heterocycles. The van der Waals surface area contributed by atoms with Crippen molar-refractivity contribution in [2.75, 3.05) is 19.7 Å². The molecule has 0 spiro atoms. The number of benzene rings is 1. The summed E-state index contributed by atoms with van der Waals surface area (Å²) in [5, 5.41) is 3.45. The van der Waals surface area contributed by atoms with E-state index in [2.05, 4.69) is 5.32 Å². The van der Waals surface area contributed by atoms with Gasteiger partial charge in [0.25, 0.3) is 0 Å². The van der Waals surface area contributed by atoms with E-state index >= 15 is 0 Å². The summed E-state index contributed by atoms with van der Waals surface area (Å²) < 4.78 is 5.51. The van der Waals surface area contributed by atoms with Gasteiger partial charge in [-0.1, -0.05) is 17.7 Å². The molecule has 22 heavy (non-hydrogen) atoms. The standard InChI is InChI=1S/C16H19ClN2O3/c17-12-2-1-3-14(9-12)22-7-6-18-16(21)11-8-15(20)19(10-11)13-4-5-13/h1-3,9,11,13H,4-8,10H2,(H,18,21)/t11-/m0/s1. The lowest BCUT2D eigenvalue weighted by Gasteiger charge is -2.15. The molecule has 1 aromatic carbocycles. The summed E-state index contributed by atoms with van der Waals surface area (Å²) in [6, 6.07) is 7.52. The maximum Gasteiger partial charge on any atom is 0.225 e. The summed E-state index contributed by atoms with van der Waals surface area (Å²) in [4.78, 5) is 25.8. The van der Waals surface area contributed by atoms with E-state index in [1.807, 2.05) is 17.0 Å². The van der Waals surface area contributed by atoms with Gasteiger partial charge in [0.1, 0.15) is 12.4 Å². The molecule has 3 rings (SSSR count). The van der Waals surface area contributed by atoms with Crippen LogP contribution in [-0.4, -0.2) is 42.5 Å². The van der Waals surface area contributed by atoms with Crippen LogP contribution in [0.1, 0.15) is 19.3 Å². The average molecular weight is 323 g/mol. The predicted molar refractivity (Wildman–Crippen MR) is 82.8 cm³/mol. The van der Waals surface area contributed by atoms with E-state index in [-0.39, 0.29) is 17.7 Å². The van der Waals surface area contributed by atoms with Gasteiger partial charge in [-0.15, -0.1) is 0 Å². The molecule has 1 heterocycles. The summed E-state index contributed by atoms with van der Waals surface area (Å²) in [6.45, 7) is 1.35. The SMILES string of the molecule is O=C(NCCOc1cccc(Cl)c1)[C@H]1CC(=O)N(C2CC2)C1. The van der Waals surface area contributed by atoms with E-state index in [1.54, 1.807) is 12.1 Å². The number of ether oxygens (including phenoxy) is 1. The second kappa shape index (κ2) is 6.57. The number of hydrogen-bond acceptors (Lipinski definition) is 3. The van der Waals surface area contributed by atoms with E-state index < -0.39 is 0 Å². The minimum Gasteiger partial charge on any atom is -0.492 e. The lowest BCUT2D eigenvalue weighted by atomic mass is 10.1. The molecule has 0 unspecified atom stereocenters. The number of halogens is 1. The first-order chi connectivity index (χ1) is 10.6. The molecule has 0 radical (unpaired) electrons. The van der Waals surface area contributed by atoms with E-state index in [1.165, 1.54) is 0 Å². The smallest absolute Gasteiger partial charge is 0.225 e. The molecule has 2 fully saturated rings. The van der Waals surface area contributed by atoms with Crippen LogP contribution in [0.4, 0.5) is 0 Å². The van der Waals surface area contributed by atoms with Gasteiger partial charge in [-0.25, -0.2) is 0 Å². The highest BCUT2D eigenvalue weighted by Gasteiger charge is 2.41. The van der Waals surface area contributed by atoms with Gasteiger partial charge in [0.2, 0.25) is 11.8 Å². The summed E-state index contributed by atoms with van der Waals surface area (Å²) in [5.74, 6) is 0.501. The quantitative estimate of drug-likeness (QED) is 0.813. The Morgan fingerprint density at radius 1 is 1.41 bits per heavy atom. The number of nitrogens with one attached hydrogen (secondary N) is 1. The molecular formula is C16H19ClN2O3. The van der Waals surface area contributed by atoms with Crippen LogP contribution in [0.3, 0.4) is 0 Å². The van der Waals surface area contributed by atoms with Crippen LogP contribution in [0.15, 0.2) is 24.3 Å². The van der Waals surface area contributed by atoms with Crippen molar-refractivity contribution in [3.63, 3.8) is 0 Å². The van der Waals surface area contributed by atoms with Gasteiger partial charge < -0.3 is 15.0 Å². The molecule has 1 saturated carbocycles. The van der Waals surface area contributed by atoms with Crippen LogP contribution in [-0.2, 0) is 9.59 Å². The summed E-state index contributed by atoms with van der Waals surface area (Å²) in [7, 11) is 0. The summed E-state index contributed by atoms with van der Waals surface area (Å²) >= 11 is 5.87. The Balaban J connectivity index is 1.38. The zero-order valence-electron chi connectivity index (χ0n) is 12.3. The largest absolute Gasteiger partial charge is 0.492 e. The van der Waals surface area contributed by atoms with Crippen molar-refractivity contribution in [1.82, 2.24) is 10.2 Å². The van der Waals surface area contributed by atoms with Crippen molar-refractivity contribution in [3.8, 4) is 5.75 Å². The highest BCUT2D eigenvalue weighted by molar-refractivity contribution is 6.30. The fraction of sp³-hybridized carbons (Fsp3) is 0.500. The Bertz CT molecular complexity index is 574. The molecule has 0 bridgehead atoms. The highest BCUT2D eigenvalue weighted by Crippen LogP contribution is 2.32. The van der Waals surface area contributed by atoms with Crippen LogP contribution in [0.25, 0.3) is 0 Å². The van der Waals surface area contributed by atoms with Crippen molar-refractivity contribution < 1.29 is 14.3 Å². The van der Waals surface area contributed by atoms with Crippen molar-refractivity contribution in [2.24, 2.45) is 5.92 Å². The molecule has 1 N–H and O–H groups in total. The third kappa shape index (κ3) is 3.71. The first-order valence-electron chi connectivity index (χ1n) is 7.59. The molecule has 0 aromatic heterocycles. The van der Waals surface area contributed by atoms with Gasteiger partial charge >= 0.3 is 0 Å². The van der Waals surface area contributed by atoms with Crippen molar-refractivity contribution in [3.05, 3.63) is 29.3 Å². The first kappa shape index (κ1) is 15.2. The third-order valence-corrected chi connectivity index (χ3v) is 4.22. The Morgan fingerprint density at radius 2 is 2.23 bits per heavy atom. The number of amides is 2. The van der Waals surface area contributed by atoms with Gasteiger partial charge in [0, 0.05) is 24.0 Å². The topological polar surface area (TPSA) is 58.6 Å². The maximum atomic E-state index is 12.1. The van der Waals surface area contributed by atoms with Gasteiger partial charge in [0.05, 0.1) is 12.5 Å². The summed E-state index contributed by atoms with van der Waals surface area (Å²) in [5.41, 5.74) is 0. The number of rotatable bonds is 6. The number of hydrogen-bond donors (Lipinski definition) is 1. The van der Waals surface area contributed by atoms with Crippen molar-refractivity contribution in [1.29, 1.82) is 0 Å². The first-order valence-corrected chi connectivity index (χ1v) is 7.97. The van der Waals surface area contributed by atoms with E-state index in [0.29, 0.717) is 42.9 Å². The van der Waals surface area contributed by atoms with Crippen LogP contribution in [0.5, 0.6) is 5.75 Å². The minimum atomic E-state index is -0.223. The zero-order chi connectivity index (χ0) is 15.5. The normalized spacial score (nSPS) is 21.0. The van der Waals surface area contributed by atoms with Gasteiger partial charge in [-0.05, 0) is 31.0 Å². The molecule has 2 aliphatic rings. The Morgan fingerprint density at radius 3 is 2.95 bits per heavy atom. The molecule has 6 heteroatoms. The van der Waals surface area contributed by atoms with E-state index in [9.17, 15) is 9.59 Å². The number of carbonyl (C=O) groups is 2.